The number of carbonyl (C=O) groups is 7. The maximum Gasteiger partial charge on any atom is 0.269 e. The monoisotopic (exact) mass is 1120 g/mol. The SMILES string of the molecule is CCNC(=O)CCNC(=O)c1ccc(C#N)c(S(C)(=O)=O)n1.COC1CN(C2CCOC(C)C2O)CCO1.COc1cccc2c1C(=O)c1c(O)c3c(c(O)c1C2=O)CC(C(=O)NCCCNCCCNC(=O)CNC=O)CC3. The van der Waals surface area contributed by atoms with Gasteiger partial charge in [0.2, 0.25) is 29.9 Å². The van der Waals surface area contributed by atoms with E-state index >= 15 is 0 Å². The van der Waals surface area contributed by atoms with E-state index in [1.807, 2.05) is 6.92 Å². The van der Waals surface area contributed by atoms with E-state index in [9.17, 15) is 57.3 Å². The number of rotatable bonds is 21. The van der Waals surface area contributed by atoms with Crippen LogP contribution >= 0.6 is 0 Å². The van der Waals surface area contributed by atoms with E-state index in [-0.39, 0.29) is 119 Å². The number of amides is 5. The number of ketones is 2. The molecule has 5 atom stereocenters. The average Bonchev–Trinajstić information content (AvgIpc) is 3.65. The number of pyridine rings is 1. The maximum atomic E-state index is 13.4. The number of aromatic nitrogens is 1. The first-order valence-electron chi connectivity index (χ1n) is 25.9. The van der Waals surface area contributed by atoms with E-state index < -0.39 is 44.4 Å². The van der Waals surface area contributed by atoms with Gasteiger partial charge in [-0.25, -0.2) is 13.4 Å². The molecule has 0 radical (unpaired) electrons. The van der Waals surface area contributed by atoms with Crippen molar-refractivity contribution in [3.8, 4) is 23.3 Å². The normalized spacial score (nSPS) is 19.4. The van der Waals surface area contributed by atoms with Crippen LogP contribution in [0.15, 0.2) is 35.4 Å². The highest BCUT2D eigenvalue weighted by atomic mass is 32.2. The Bertz CT molecular complexity index is 2840. The summed E-state index contributed by atoms with van der Waals surface area (Å²) in [5.41, 5.74) is 0.122. The predicted molar refractivity (Wildman–Crippen MR) is 283 cm³/mol. The standard InChI is InChI=1S/C29H34N4O8.C13H16N4O4S.C11H21NO4/c1-41-20-6-2-5-18-22(20)28(39)24-23(26(18)37)27(38)19-13-16(7-8-17(19)25(24)36)29(40)33-12-4-10-30-9-3-11-32-21(35)14-31-15-34;1-3-15-11(18)6-7-16-12(19)10-5-4-9(8-14)13(17-10)22(2,20)21;1-8-11(13)9(3-5-15-8)12-4-6-16-10(7-12)14-2/h2,5-6,15-16,30,36,38H,3-4,7-14H2,1H3,(H,31,34)(H,32,35)(H,33,40);4-5H,3,6-7H2,1-2H3,(H,15,18)(H,16,19);8-11,13H,3-7H2,1-2H3. The minimum absolute atomic E-state index is 0.0475. The van der Waals surface area contributed by atoms with Gasteiger partial charge in [-0.1, -0.05) is 12.1 Å². The number of morpholine rings is 1. The lowest BCUT2D eigenvalue weighted by molar-refractivity contribution is -0.190. The van der Waals surface area contributed by atoms with Crippen molar-refractivity contribution in [1.82, 2.24) is 41.8 Å². The number of aliphatic hydroxyl groups is 1. The lowest BCUT2D eigenvalue weighted by Gasteiger charge is -2.43. The molecular formula is C53H71N9O16S. The highest BCUT2D eigenvalue weighted by Crippen LogP contribution is 2.47. The van der Waals surface area contributed by atoms with Crippen LogP contribution in [0.25, 0.3) is 0 Å². The van der Waals surface area contributed by atoms with E-state index in [4.69, 9.17) is 24.2 Å². The van der Waals surface area contributed by atoms with E-state index in [1.165, 1.54) is 25.3 Å². The first-order valence-corrected chi connectivity index (χ1v) is 27.8. The van der Waals surface area contributed by atoms with Crippen molar-refractivity contribution < 1.29 is 76.2 Å². The van der Waals surface area contributed by atoms with Gasteiger partial charge in [-0.2, -0.15) is 5.26 Å². The summed E-state index contributed by atoms with van der Waals surface area (Å²) in [5.74, 6) is -3.36. The average molecular weight is 1120 g/mol. The summed E-state index contributed by atoms with van der Waals surface area (Å²) in [4.78, 5) is 90.2. The molecule has 79 heavy (non-hydrogen) atoms. The van der Waals surface area contributed by atoms with Gasteiger partial charge in [0.25, 0.3) is 5.91 Å². The summed E-state index contributed by atoms with van der Waals surface area (Å²) in [6.45, 7) is 9.49. The second-order valence-electron chi connectivity index (χ2n) is 18.8. The van der Waals surface area contributed by atoms with Crippen LogP contribution < -0.4 is 36.6 Å². The molecule has 7 rings (SSSR count). The first-order chi connectivity index (χ1) is 37.8. The van der Waals surface area contributed by atoms with Crippen molar-refractivity contribution in [2.45, 2.75) is 88.4 Å². The zero-order valence-corrected chi connectivity index (χ0v) is 45.8. The van der Waals surface area contributed by atoms with E-state index in [2.05, 4.69) is 41.8 Å². The number of methoxy groups -OCH3 is 2. The Morgan fingerprint density at radius 2 is 1.59 bits per heavy atom. The van der Waals surface area contributed by atoms with Gasteiger partial charge in [0.15, 0.2) is 26.9 Å². The van der Waals surface area contributed by atoms with Crippen LogP contribution in [-0.2, 0) is 56.1 Å². The zero-order chi connectivity index (χ0) is 57.8. The van der Waals surface area contributed by atoms with Crippen molar-refractivity contribution in [3.05, 3.63) is 75.0 Å². The molecule has 5 amide bonds. The molecule has 0 spiro atoms. The Morgan fingerprint density at radius 3 is 2.27 bits per heavy atom. The van der Waals surface area contributed by atoms with Gasteiger partial charge in [-0.05, 0) is 83.7 Å². The molecule has 2 aliphatic heterocycles. The molecule has 9 N–H and O–H groups in total. The Labute approximate surface area is 458 Å². The summed E-state index contributed by atoms with van der Waals surface area (Å²) in [5, 5.41) is 56.9. The van der Waals surface area contributed by atoms with Gasteiger partial charge in [0, 0.05) is 94.3 Å². The van der Waals surface area contributed by atoms with Crippen molar-refractivity contribution >= 4 is 51.4 Å². The number of aliphatic hydroxyl groups excluding tert-OH is 1. The molecule has 25 nitrogen and oxygen atoms in total. The van der Waals surface area contributed by atoms with Crippen LogP contribution in [0.1, 0.15) is 105 Å². The fourth-order valence-electron chi connectivity index (χ4n) is 9.40. The van der Waals surface area contributed by atoms with Crippen molar-refractivity contribution in [2.24, 2.45) is 5.92 Å². The number of benzene rings is 2. The van der Waals surface area contributed by atoms with Crippen LogP contribution in [0.3, 0.4) is 0 Å². The largest absolute Gasteiger partial charge is 0.507 e. The Balaban J connectivity index is 0.000000251. The molecule has 2 saturated heterocycles. The summed E-state index contributed by atoms with van der Waals surface area (Å²) in [7, 11) is -0.684. The van der Waals surface area contributed by atoms with Gasteiger partial charge < -0.3 is 66.2 Å². The lowest BCUT2D eigenvalue weighted by atomic mass is 9.75. The van der Waals surface area contributed by atoms with Crippen LogP contribution in [0.2, 0.25) is 0 Å². The molecule has 4 aliphatic rings. The molecule has 2 aliphatic carbocycles. The molecule has 1 aromatic heterocycles. The smallest absolute Gasteiger partial charge is 0.269 e. The van der Waals surface area contributed by atoms with Gasteiger partial charge in [-0.15, -0.1) is 0 Å². The number of ether oxygens (including phenoxy) is 4. The Morgan fingerprint density at radius 1 is 0.886 bits per heavy atom. The first kappa shape index (κ1) is 62.7. The molecule has 2 fully saturated rings. The summed E-state index contributed by atoms with van der Waals surface area (Å²) in [6.07, 6.45) is 3.92. The predicted octanol–water partition coefficient (Wildman–Crippen LogP) is -0.223. The van der Waals surface area contributed by atoms with Crippen LogP contribution in [-0.4, -0.2) is 192 Å². The number of nitrogens with zero attached hydrogens (tertiary/aromatic N) is 3. The van der Waals surface area contributed by atoms with Crippen LogP contribution in [0, 0.1) is 17.2 Å². The van der Waals surface area contributed by atoms with Crippen molar-refractivity contribution in [2.75, 3.05) is 92.6 Å². The van der Waals surface area contributed by atoms with E-state index in [0.29, 0.717) is 76.1 Å². The minimum atomic E-state index is -3.72. The molecule has 3 aromatic rings. The number of hydrogen-bond acceptors (Lipinski definition) is 20. The lowest BCUT2D eigenvalue weighted by Crippen LogP contribution is -2.57. The summed E-state index contributed by atoms with van der Waals surface area (Å²) < 4.78 is 44.5. The molecular weight excluding hydrogens is 1050 g/mol. The topological polar surface area (TPSA) is 363 Å². The Hall–Kier alpha value is -7.12. The van der Waals surface area contributed by atoms with E-state index in [0.717, 1.165) is 32.4 Å². The second kappa shape index (κ2) is 30.3. The number of carbonyl (C=O) groups excluding carboxylic acids is 7. The van der Waals surface area contributed by atoms with Gasteiger partial charge in [0.1, 0.15) is 29.0 Å². The molecule has 5 unspecified atom stereocenters. The number of nitrogens with one attached hydrogen (secondary N) is 6. The zero-order valence-electron chi connectivity index (χ0n) is 45.0. The number of hydrogen-bond donors (Lipinski definition) is 9. The molecule has 2 aromatic carbocycles. The van der Waals surface area contributed by atoms with Crippen molar-refractivity contribution in [1.29, 1.82) is 5.26 Å². The quantitative estimate of drug-likeness (QED) is 0.0296. The molecule has 0 saturated carbocycles. The highest BCUT2D eigenvalue weighted by molar-refractivity contribution is 7.90. The van der Waals surface area contributed by atoms with E-state index in [1.54, 1.807) is 32.2 Å². The summed E-state index contributed by atoms with van der Waals surface area (Å²) >= 11 is 0. The third-order valence-electron chi connectivity index (χ3n) is 13.5. The van der Waals surface area contributed by atoms with Crippen molar-refractivity contribution in [3.63, 3.8) is 0 Å². The maximum absolute atomic E-state index is 13.4. The number of aromatic hydroxyl groups is 2. The highest BCUT2D eigenvalue weighted by Gasteiger charge is 2.41. The van der Waals surface area contributed by atoms with Gasteiger partial charge in [0.05, 0.1) is 54.7 Å². The fourth-order valence-corrected chi connectivity index (χ4v) is 10.2. The van der Waals surface area contributed by atoms with Crippen LogP contribution in [0.5, 0.6) is 17.2 Å². The number of sulfone groups is 1. The molecule has 430 valence electrons. The van der Waals surface area contributed by atoms with Gasteiger partial charge in [-0.3, -0.25) is 38.5 Å². The van der Waals surface area contributed by atoms with Gasteiger partial charge >= 0.3 is 0 Å². The third kappa shape index (κ3) is 16.7. The van der Waals surface area contributed by atoms with Crippen LogP contribution in [0.4, 0.5) is 0 Å². The third-order valence-corrected chi connectivity index (χ3v) is 14.5. The fraction of sp³-hybridized carbons (Fsp3) is 0.528. The second-order valence-corrected chi connectivity index (χ2v) is 20.8. The number of fused-ring (bicyclic) bond motifs is 3. The summed E-state index contributed by atoms with van der Waals surface area (Å²) in [6, 6.07) is 8.99. The molecule has 26 heteroatoms. The number of nitriles is 1. The minimum Gasteiger partial charge on any atom is -0.507 e. The number of phenols is 2. The number of phenolic OH excluding ortho intramolecular Hbond substituents is 2. The molecule has 3 heterocycles. The molecule has 0 bridgehead atoms. The Kier molecular flexibility index (Phi) is 24.1.